The number of hydrogen-bond acceptors (Lipinski definition) is 2. The number of nitrogens with zero attached hydrogens (tertiary/aromatic N) is 2. The molecule has 10 heavy (non-hydrogen) atoms. The van der Waals surface area contributed by atoms with Crippen molar-refractivity contribution in [2.45, 2.75) is 12.8 Å². The van der Waals surface area contributed by atoms with Gasteiger partial charge in [0.25, 0.3) is 0 Å². The average molecular weight is 137 g/mol. The highest BCUT2D eigenvalue weighted by molar-refractivity contribution is 5.62. The number of nitrogens with one attached hydrogen (secondary N) is 1. The molecule has 0 amide bonds. The first kappa shape index (κ1) is 6.99. The Morgan fingerprint density at radius 3 is 3.00 bits per heavy atom. The monoisotopic (exact) mass is 137 g/mol. The minimum Gasteiger partial charge on any atom is -0.321 e. The molecule has 0 aliphatic carbocycles. The summed E-state index contributed by atoms with van der Waals surface area (Å²) >= 11 is 0. The van der Waals surface area contributed by atoms with Crippen LogP contribution in [0.25, 0.3) is 0 Å². The molecule has 0 aromatic carbocycles. The summed E-state index contributed by atoms with van der Waals surface area (Å²) in [5, 5.41) is 6.93. The van der Waals surface area contributed by atoms with Crippen LogP contribution in [0.1, 0.15) is 12.8 Å². The van der Waals surface area contributed by atoms with Gasteiger partial charge in [-0.05, 0) is 18.9 Å². The van der Waals surface area contributed by atoms with Crippen LogP contribution in [0.3, 0.4) is 0 Å². The van der Waals surface area contributed by atoms with E-state index in [0.29, 0.717) is 0 Å². The van der Waals surface area contributed by atoms with Crippen LogP contribution >= 0.6 is 0 Å². The van der Waals surface area contributed by atoms with Gasteiger partial charge in [-0.25, -0.2) is 4.99 Å². The molecule has 0 aromatic heterocycles. The lowest BCUT2D eigenvalue weighted by molar-refractivity contribution is 0.623. The predicted molar refractivity (Wildman–Crippen MR) is 42.4 cm³/mol. The van der Waals surface area contributed by atoms with Crippen LogP contribution in [0.5, 0.6) is 0 Å². The number of rotatable bonds is 2. The quantitative estimate of drug-likeness (QED) is 0.451. The third-order valence-electron chi connectivity index (χ3n) is 1.40. The summed E-state index contributed by atoms with van der Waals surface area (Å²) in [4.78, 5) is 5.80. The highest BCUT2D eigenvalue weighted by Gasteiger charge is 2.00. The van der Waals surface area contributed by atoms with Crippen molar-refractivity contribution in [1.29, 1.82) is 5.41 Å². The first-order valence-corrected chi connectivity index (χ1v) is 3.30. The maximum Gasteiger partial charge on any atom is 0.128 e. The number of allylic oxidation sites excluding steroid dienone is 1. The van der Waals surface area contributed by atoms with E-state index in [9.17, 15) is 0 Å². The molecule has 0 saturated carbocycles. The fourth-order valence-corrected chi connectivity index (χ4v) is 0.799. The molecule has 1 rings (SSSR count). The van der Waals surface area contributed by atoms with E-state index >= 15 is 0 Å². The highest BCUT2D eigenvalue weighted by Crippen LogP contribution is 2.07. The molecular formula is C7H11N3. The Kier molecular flexibility index (Phi) is 2.20. The molecule has 1 N–H and O–H groups in total. The van der Waals surface area contributed by atoms with Crippen LogP contribution in [-0.4, -0.2) is 24.5 Å². The Morgan fingerprint density at radius 1 is 1.70 bits per heavy atom. The third-order valence-corrected chi connectivity index (χ3v) is 1.40. The fraction of sp³-hybridized carbons (Fsp3) is 0.429. The number of hydrogen-bond donors (Lipinski definition) is 1. The van der Waals surface area contributed by atoms with Gasteiger partial charge in [0.1, 0.15) is 5.82 Å². The molecule has 0 fully saturated rings. The van der Waals surface area contributed by atoms with E-state index < -0.39 is 0 Å². The Labute approximate surface area is 60.6 Å². The lowest BCUT2D eigenvalue weighted by Crippen LogP contribution is -2.14. The molecule has 0 saturated heterocycles. The Balaban J connectivity index is 2.62. The minimum atomic E-state index is 0.876. The molecule has 1 aliphatic heterocycles. The van der Waals surface area contributed by atoms with Gasteiger partial charge in [0.05, 0.1) is 6.34 Å². The van der Waals surface area contributed by atoms with E-state index in [4.69, 9.17) is 5.41 Å². The van der Waals surface area contributed by atoms with Crippen molar-refractivity contribution in [2.24, 2.45) is 4.99 Å². The van der Waals surface area contributed by atoms with Crippen LogP contribution in [0.4, 0.5) is 0 Å². The molecule has 1 heterocycles. The van der Waals surface area contributed by atoms with E-state index in [0.717, 1.165) is 18.7 Å². The summed E-state index contributed by atoms with van der Waals surface area (Å²) < 4.78 is 0. The second kappa shape index (κ2) is 3.15. The topological polar surface area (TPSA) is 39.5 Å². The van der Waals surface area contributed by atoms with Gasteiger partial charge in [0, 0.05) is 13.3 Å². The molecule has 0 spiro atoms. The molecule has 0 bridgehead atoms. The van der Waals surface area contributed by atoms with Crippen LogP contribution in [0, 0.1) is 5.41 Å². The molecule has 3 nitrogen and oxygen atoms in total. The first-order valence-electron chi connectivity index (χ1n) is 3.30. The van der Waals surface area contributed by atoms with E-state index in [2.05, 4.69) is 4.99 Å². The number of aliphatic imine (C=N–C) groups is 1. The van der Waals surface area contributed by atoms with Gasteiger partial charge in [-0.2, -0.15) is 0 Å². The third kappa shape index (κ3) is 1.43. The molecule has 0 aromatic rings. The summed E-state index contributed by atoms with van der Waals surface area (Å²) in [7, 11) is 1.82. The zero-order chi connectivity index (χ0) is 7.40. The zero-order valence-corrected chi connectivity index (χ0v) is 6.04. The predicted octanol–water partition coefficient (Wildman–Crippen LogP) is 1.23. The lowest BCUT2D eigenvalue weighted by Gasteiger charge is -2.14. The summed E-state index contributed by atoms with van der Waals surface area (Å²) in [6, 6.07) is 0. The van der Waals surface area contributed by atoms with Gasteiger partial charge < -0.3 is 4.90 Å². The van der Waals surface area contributed by atoms with Gasteiger partial charge in [-0.15, -0.1) is 0 Å². The fourth-order valence-electron chi connectivity index (χ4n) is 0.799. The summed E-state index contributed by atoms with van der Waals surface area (Å²) in [6.07, 6.45) is 7.24. The molecule has 0 radical (unpaired) electrons. The van der Waals surface area contributed by atoms with E-state index in [1.165, 1.54) is 6.34 Å². The van der Waals surface area contributed by atoms with Gasteiger partial charge in [-0.1, -0.05) is 0 Å². The van der Waals surface area contributed by atoms with Crippen molar-refractivity contribution in [1.82, 2.24) is 4.90 Å². The van der Waals surface area contributed by atoms with E-state index in [1.807, 2.05) is 19.3 Å². The van der Waals surface area contributed by atoms with Crippen molar-refractivity contribution in [3.05, 3.63) is 11.9 Å². The molecule has 3 heteroatoms. The Bertz CT molecular complexity index is 181. The summed E-state index contributed by atoms with van der Waals surface area (Å²) in [5.41, 5.74) is 0. The van der Waals surface area contributed by atoms with Gasteiger partial charge in [0.15, 0.2) is 0 Å². The van der Waals surface area contributed by atoms with Crippen molar-refractivity contribution in [3.63, 3.8) is 0 Å². The maximum atomic E-state index is 6.93. The Hall–Kier alpha value is -1.12. The first-order chi connectivity index (χ1) is 4.84. The lowest BCUT2D eigenvalue weighted by atomic mass is 10.3. The zero-order valence-electron chi connectivity index (χ0n) is 6.04. The van der Waals surface area contributed by atoms with Crippen molar-refractivity contribution < 1.29 is 0 Å². The largest absolute Gasteiger partial charge is 0.321 e. The van der Waals surface area contributed by atoms with E-state index in [1.54, 1.807) is 4.90 Å². The Morgan fingerprint density at radius 2 is 2.50 bits per heavy atom. The molecule has 0 atom stereocenters. The van der Waals surface area contributed by atoms with Crippen LogP contribution in [0.15, 0.2) is 16.9 Å². The van der Waals surface area contributed by atoms with Crippen LogP contribution in [0.2, 0.25) is 0 Å². The van der Waals surface area contributed by atoms with Crippen molar-refractivity contribution >= 4 is 12.6 Å². The SMILES string of the molecule is CN(C=N)C1=CCCC=N1. The summed E-state index contributed by atoms with van der Waals surface area (Å²) in [6.45, 7) is 0. The van der Waals surface area contributed by atoms with E-state index in [-0.39, 0.29) is 0 Å². The maximum absolute atomic E-state index is 6.93. The molecule has 1 aliphatic rings. The second-order valence-corrected chi connectivity index (χ2v) is 2.19. The molecular weight excluding hydrogens is 126 g/mol. The highest BCUT2D eigenvalue weighted by atomic mass is 15.2. The van der Waals surface area contributed by atoms with Gasteiger partial charge in [0.2, 0.25) is 0 Å². The second-order valence-electron chi connectivity index (χ2n) is 2.19. The molecule has 54 valence electrons. The normalized spacial score (nSPS) is 16.3. The van der Waals surface area contributed by atoms with Crippen LogP contribution in [-0.2, 0) is 0 Å². The standard InChI is InChI=1S/C7H11N3/c1-10(6-8)7-4-2-3-5-9-7/h4-6,8H,2-3H2,1H3. The summed E-state index contributed by atoms with van der Waals surface area (Å²) in [5.74, 6) is 0.876. The van der Waals surface area contributed by atoms with Gasteiger partial charge >= 0.3 is 0 Å². The van der Waals surface area contributed by atoms with Crippen molar-refractivity contribution in [2.75, 3.05) is 7.05 Å². The van der Waals surface area contributed by atoms with Crippen LogP contribution < -0.4 is 0 Å². The average Bonchev–Trinajstić information content (AvgIpc) is 2.05. The van der Waals surface area contributed by atoms with Gasteiger partial charge in [-0.3, -0.25) is 5.41 Å². The molecule has 0 unspecified atom stereocenters. The van der Waals surface area contributed by atoms with Crippen molar-refractivity contribution in [3.8, 4) is 0 Å². The minimum absolute atomic E-state index is 0.876. The smallest absolute Gasteiger partial charge is 0.128 e.